The molecule has 0 unspecified atom stereocenters. The lowest BCUT2D eigenvalue weighted by molar-refractivity contribution is -0.383. The van der Waals surface area contributed by atoms with E-state index in [1.54, 1.807) is 12.1 Å². The van der Waals surface area contributed by atoms with Crippen LogP contribution in [0.2, 0.25) is 0 Å². The van der Waals surface area contributed by atoms with Crippen LogP contribution in [-0.2, 0) is 0 Å². The number of carbonyl (C=O) groups is 1. The topological polar surface area (TPSA) is 98.3 Å². The molecule has 2 rings (SSSR count). The van der Waals surface area contributed by atoms with Gasteiger partial charge in [-0.3, -0.25) is 14.9 Å². The molecule has 6 nitrogen and oxygen atoms in total. The van der Waals surface area contributed by atoms with Crippen LogP contribution in [0.1, 0.15) is 10.4 Å². The number of nitrogens with one attached hydrogen (secondary N) is 1. The van der Waals surface area contributed by atoms with Gasteiger partial charge in [0.05, 0.1) is 16.2 Å². The van der Waals surface area contributed by atoms with Crippen molar-refractivity contribution in [2.24, 2.45) is 0 Å². The standard InChI is InChI=1S/C13H9Br2N3O3/c14-7-4-5-9(15)10(6-7)17-13(19)8-2-1-3-11(12(8)16)18(20)21/h1-6H,16H2,(H,17,19). The lowest BCUT2D eigenvalue weighted by Gasteiger charge is -2.09. The zero-order valence-electron chi connectivity index (χ0n) is 10.5. The van der Waals surface area contributed by atoms with Gasteiger partial charge in [-0.25, -0.2) is 0 Å². The van der Waals surface area contributed by atoms with Gasteiger partial charge in [-0.05, 0) is 40.2 Å². The number of benzene rings is 2. The zero-order valence-corrected chi connectivity index (χ0v) is 13.6. The largest absolute Gasteiger partial charge is 0.393 e. The Hall–Kier alpha value is -1.93. The Bertz CT molecular complexity index is 735. The second-order valence-electron chi connectivity index (χ2n) is 4.07. The first-order valence-corrected chi connectivity index (χ1v) is 7.28. The molecule has 0 atom stereocenters. The molecule has 0 spiro atoms. The van der Waals surface area contributed by atoms with Gasteiger partial charge in [-0.2, -0.15) is 0 Å². The second kappa shape index (κ2) is 6.23. The number of nitrogens with zero attached hydrogens (tertiary/aromatic N) is 1. The number of hydrogen-bond donors (Lipinski definition) is 2. The molecule has 1 amide bonds. The fourth-order valence-corrected chi connectivity index (χ4v) is 2.40. The molecule has 0 heterocycles. The van der Waals surface area contributed by atoms with Crippen LogP contribution in [-0.4, -0.2) is 10.8 Å². The van der Waals surface area contributed by atoms with Gasteiger partial charge in [0.25, 0.3) is 11.6 Å². The van der Waals surface area contributed by atoms with Crippen molar-refractivity contribution in [3.63, 3.8) is 0 Å². The van der Waals surface area contributed by atoms with Gasteiger partial charge in [-0.15, -0.1) is 0 Å². The molecule has 21 heavy (non-hydrogen) atoms. The van der Waals surface area contributed by atoms with Crippen molar-refractivity contribution in [1.29, 1.82) is 0 Å². The van der Waals surface area contributed by atoms with Crippen LogP contribution < -0.4 is 11.1 Å². The van der Waals surface area contributed by atoms with Gasteiger partial charge in [0.15, 0.2) is 0 Å². The number of halogens is 2. The lowest BCUT2D eigenvalue weighted by Crippen LogP contribution is -2.15. The molecule has 108 valence electrons. The number of nitrogens with two attached hydrogens (primary N) is 1. The van der Waals surface area contributed by atoms with Crippen LogP contribution in [0.4, 0.5) is 17.1 Å². The summed E-state index contributed by atoms with van der Waals surface area (Å²) >= 11 is 6.61. The van der Waals surface area contributed by atoms with Crippen molar-refractivity contribution in [3.8, 4) is 0 Å². The van der Waals surface area contributed by atoms with Gasteiger partial charge in [0, 0.05) is 15.0 Å². The van der Waals surface area contributed by atoms with Crippen molar-refractivity contribution < 1.29 is 9.72 Å². The van der Waals surface area contributed by atoms with Gasteiger partial charge in [-0.1, -0.05) is 22.0 Å². The molecule has 0 bridgehead atoms. The van der Waals surface area contributed by atoms with Gasteiger partial charge >= 0.3 is 0 Å². The van der Waals surface area contributed by atoms with Crippen molar-refractivity contribution in [1.82, 2.24) is 0 Å². The predicted octanol–water partition coefficient (Wildman–Crippen LogP) is 3.95. The van der Waals surface area contributed by atoms with E-state index in [4.69, 9.17) is 5.73 Å². The molecule has 2 aromatic rings. The summed E-state index contributed by atoms with van der Waals surface area (Å²) in [5.74, 6) is -0.519. The number of anilines is 2. The molecule has 2 aromatic carbocycles. The average Bonchev–Trinajstić information content (AvgIpc) is 2.42. The summed E-state index contributed by atoms with van der Waals surface area (Å²) < 4.78 is 1.47. The van der Waals surface area contributed by atoms with Gasteiger partial charge in [0.2, 0.25) is 0 Å². The number of hydrogen-bond acceptors (Lipinski definition) is 4. The quantitative estimate of drug-likeness (QED) is 0.451. The molecule has 0 radical (unpaired) electrons. The number of nitro benzene ring substituents is 1. The summed E-state index contributed by atoms with van der Waals surface area (Å²) in [6.07, 6.45) is 0. The summed E-state index contributed by atoms with van der Waals surface area (Å²) in [5, 5.41) is 13.5. The highest BCUT2D eigenvalue weighted by Gasteiger charge is 2.19. The first kappa shape index (κ1) is 15.5. The van der Waals surface area contributed by atoms with E-state index in [1.165, 1.54) is 18.2 Å². The maximum Gasteiger partial charge on any atom is 0.292 e. The predicted molar refractivity (Wildman–Crippen MR) is 87.3 cm³/mol. The van der Waals surface area contributed by atoms with E-state index in [1.807, 2.05) is 6.07 Å². The van der Waals surface area contributed by atoms with Crippen LogP contribution in [0.15, 0.2) is 45.3 Å². The highest BCUT2D eigenvalue weighted by molar-refractivity contribution is 9.11. The number of rotatable bonds is 3. The molecule has 8 heteroatoms. The van der Waals surface area contributed by atoms with E-state index in [9.17, 15) is 14.9 Å². The molecule has 0 aliphatic rings. The fraction of sp³-hybridized carbons (Fsp3) is 0. The summed E-state index contributed by atoms with van der Waals surface area (Å²) in [5.41, 5.74) is 5.81. The number of nitro groups is 1. The summed E-state index contributed by atoms with van der Waals surface area (Å²) in [7, 11) is 0. The smallest absolute Gasteiger partial charge is 0.292 e. The molecule has 0 aromatic heterocycles. The SMILES string of the molecule is Nc1c(C(=O)Nc2cc(Br)ccc2Br)cccc1[N+](=O)[O-]. The average molecular weight is 415 g/mol. The second-order valence-corrected chi connectivity index (χ2v) is 5.84. The Kier molecular flexibility index (Phi) is 4.59. The molecular formula is C13H9Br2N3O3. The van der Waals surface area contributed by atoms with E-state index >= 15 is 0 Å². The van der Waals surface area contributed by atoms with Crippen LogP contribution >= 0.6 is 31.9 Å². The number of amides is 1. The van der Waals surface area contributed by atoms with Crippen LogP contribution in [0.3, 0.4) is 0 Å². The normalized spacial score (nSPS) is 10.2. The Morgan fingerprint density at radius 2 is 1.95 bits per heavy atom. The van der Waals surface area contributed by atoms with Crippen molar-refractivity contribution in [2.45, 2.75) is 0 Å². The summed E-state index contributed by atoms with van der Waals surface area (Å²) in [6.45, 7) is 0. The molecule has 0 saturated carbocycles. The van der Waals surface area contributed by atoms with Gasteiger partial charge in [0.1, 0.15) is 5.69 Å². The van der Waals surface area contributed by atoms with Crippen LogP contribution in [0, 0.1) is 10.1 Å². The summed E-state index contributed by atoms with van der Waals surface area (Å²) in [4.78, 5) is 22.4. The van der Waals surface area contributed by atoms with E-state index in [0.29, 0.717) is 10.2 Å². The Morgan fingerprint density at radius 1 is 1.24 bits per heavy atom. The van der Waals surface area contributed by atoms with Gasteiger partial charge < -0.3 is 11.1 Å². The number of para-hydroxylation sites is 1. The minimum absolute atomic E-state index is 0.0519. The first-order valence-electron chi connectivity index (χ1n) is 5.69. The zero-order chi connectivity index (χ0) is 15.6. The maximum atomic E-state index is 12.2. The van der Waals surface area contributed by atoms with E-state index in [0.717, 1.165) is 4.47 Å². The monoisotopic (exact) mass is 413 g/mol. The highest BCUT2D eigenvalue weighted by Crippen LogP contribution is 2.29. The third kappa shape index (κ3) is 3.40. The Morgan fingerprint density at radius 3 is 2.62 bits per heavy atom. The van der Waals surface area contributed by atoms with E-state index in [-0.39, 0.29) is 16.9 Å². The maximum absolute atomic E-state index is 12.2. The van der Waals surface area contributed by atoms with E-state index < -0.39 is 10.8 Å². The van der Waals surface area contributed by atoms with Crippen LogP contribution in [0.5, 0.6) is 0 Å². The third-order valence-electron chi connectivity index (χ3n) is 2.70. The summed E-state index contributed by atoms with van der Waals surface area (Å²) in [6, 6.07) is 9.37. The Labute approximate surface area is 136 Å². The fourth-order valence-electron chi connectivity index (χ4n) is 1.69. The molecule has 0 saturated heterocycles. The van der Waals surface area contributed by atoms with Crippen LogP contribution in [0.25, 0.3) is 0 Å². The molecule has 3 N–H and O–H groups in total. The first-order chi connectivity index (χ1) is 9.90. The van der Waals surface area contributed by atoms with Crippen molar-refractivity contribution in [2.75, 3.05) is 11.1 Å². The molecule has 0 fully saturated rings. The highest BCUT2D eigenvalue weighted by atomic mass is 79.9. The third-order valence-corrected chi connectivity index (χ3v) is 3.89. The minimum Gasteiger partial charge on any atom is -0.393 e. The van der Waals surface area contributed by atoms with Crippen molar-refractivity contribution >= 4 is 54.8 Å². The molecule has 0 aliphatic heterocycles. The molecular weight excluding hydrogens is 406 g/mol. The lowest BCUT2D eigenvalue weighted by atomic mass is 10.1. The van der Waals surface area contributed by atoms with E-state index in [2.05, 4.69) is 37.2 Å². The number of nitrogen functional groups attached to an aromatic ring is 1. The number of carbonyl (C=O) groups excluding carboxylic acids is 1. The molecule has 0 aliphatic carbocycles. The Balaban J connectivity index is 2.35. The minimum atomic E-state index is -0.624. The van der Waals surface area contributed by atoms with Crippen molar-refractivity contribution in [3.05, 3.63) is 61.0 Å².